The summed E-state index contributed by atoms with van der Waals surface area (Å²) in [5.74, 6) is 1.06. The number of carbonyl (C=O) groups excluding carboxylic acids is 2. The van der Waals surface area contributed by atoms with Gasteiger partial charge in [0.25, 0.3) is 0 Å². The lowest BCUT2D eigenvalue weighted by molar-refractivity contribution is 0.112. The number of benzene rings is 1. The fourth-order valence-corrected chi connectivity index (χ4v) is 1.48. The lowest BCUT2D eigenvalue weighted by Gasteiger charge is -2.09. The molecule has 5 heteroatoms. The minimum atomic E-state index is 0.248. The molecule has 95 valence electrons. The second-order valence-electron chi connectivity index (χ2n) is 3.62. The van der Waals surface area contributed by atoms with Gasteiger partial charge < -0.3 is 9.47 Å². The molecule has 0 aliphatic carbocycles. The zero-order valence-electron chi connectivity index (χ0n) is 10.1. The predicted octanol–water partition coefficient (Wildman–Crippen LogP) is 2.15. The van der Waals surface area contributed by atoms with Crippen LogP contribution in [0.3, 0.4) is 0 Å². The summed E-state index contributed by atoms with van der Waals surface area (Å²) in [6.45, 7) is 0. The third-order valence-corrected chi connectivity index (χ3v) is 2.39. The molecule has 1 aromatic carbocycles. The topological polar surface area (TPSA) is 65.5 Å². The summed E-state index contributed by atoms with van der Waals surface area (Å²) in [7, 11) is 1.47. The maximum atomic E-state index is 10.7. The Bertz CT molecular complexity index is 610. The first-order chi connectivity index (χ1) is 9.26. The standard InChI is InChI=1S/C14H10NO4/c1-18-13-6-10(8-16)2-3-12(13)19-14-7-11(9-17)4-5-15-14/h2-8H,1H3. The van der Waals surface area contributed by atoms with Gasteiger partial charge in [0.1, 0.15) is 6.29 Å². The maximum absolute atomic E-state index is 10.7. The van der Waals surface area contributed by atoms with E-state index in [0.29, 0.717) is 28.9 Å². The van der Waals surface area contributed by atoms with Gasteiger partial charge in [-0.2, -0.15) is 0 Å². The van der Waals surface area contributed by atoms with Crippen LogP contribution in [0.4, 0.5) is 0 Å². The third kappa shape index (κ3) is 2.95. The number of pyridine rings is 1. The van der Waals surface area contributed by atoms with E-state index in [1.807, 2.05) is 0 Å². The van der Waals surface area contributed by atoms with Crippen LogP contribution in [0.15, 0.2) is 36.5 Å². The molecule has 0 fully saturated rings. The lowest BCUT2D eigenvalue weighted by Crippen LogP contribution is -1.94. The molecule has 2 rings (SSSR count). The highest BCUT2D eigenvalue weighted by Gasteiger charge is 2.08. The molecular weight excluding hydrogens is 246 g/mol. The molecule has 0 aliphatic rings. The number of rotatable bonds is 5. The molecule has 0 N–H and O–H groups in total. The highest BCUT2D eigenvalue weighted by Crippen LogP contribution is 2.31. The number of carbonyl (C=O) groups is 1. The Morgan fingerprint density at radius 1 is 1.21 bits per heavy atom. The van der Waals surface area contributed by atoms with Gasteiger partial charge in [-0.25, -0.2) is 4.98 Å². The van der Waals surface area contributed by atoms with Gasteiger partial charge >= 0.3 is 0 Å². The Hall–Kier alpha value is -2.69. The molecular formula is C14H10NO4. The van der Waals surface area contributed by atoms with E-state index in [4.69, 9.17) is 9.47 Å². The number of aldehydes is 1. The van der Waals surface area contributed by atoms with Gasteiger partial charge in [0.05, 0.1) is 7.11 Å². The normalized spacial score (nSPS) is 9.74. The van der Waals surface area contributed by atoms with Crippen molar-refractivity contribution in [2.75, 3.05) is 7.11 Å². The minimum Gasteiger partial charge on any atom is -0.493 e. The van der Waals surface area contributed by atoms with Crippen molar-refractivity contribution in [3.63, 3.8) is 0 Å². The molecule has 0 amide bonds. The van der Waals surface area contributed by atoms with Crippen LogP contribution >= 0.6 is 0 Å². The summed E-state index contributed by atoms with van der Waals surface area (Å²) in [4.78, 5) is 25.2. The van der Waals surface area contributed by atoms with E-state index in [-0.39, 0.29) is 5.88 Å². The smallest absolute Gasteiger partial charge is 0.233 e. The first kappa shape index (κ1) is 12.8. The Morgan fingerprint density at radius 2 is 2.05 bits per heavy atom. The van der Waals surface area contributed by atoms with Gasteiger partial charge in [-0.05, 0) is 24.3 Å². The Kier molecular flexibility index (Phi) is 3.87. The summed E-state index contributed by atoms with van der Waals surface area (Å²) in [6.07, 6.45) is 3.91. The van der Waals surface area contributed by atoms with E-state index < -0.39 is 0 Å². The molecule has 0 unspecified atom stereocenters. The number of hydrogen-bond donors (Lipinski definition) is 0. The first-order valence-corrected chi connectivity index (χ1v) is 5.42. The number of hydrogen-bond acceptors (Lipinski definition) is 5. The summed E-state index contributed by atoms with van der Waals surface area (Å²) in [5, 5.41) is 0. The Balaban J connectivity index is 2.31. The van der Waals surface area contributed by atoms with Crippen molar-refractivity contribution in [1.29, 1.82) is 0 Å². The molecule has 1 radical (unpaired) electrons. The predicted molar refractivity (Wildman–Crippen MR) is 67.5 cm³/mol. The van der Waals surface area contributed by atoms with Crippen molar-refractivity contribution in [2.24, 2.45) is 0 Å². The summed E-state index contributed by atoms with van der Waals surface area (Å²) < 4.78 is 10.6. The lowest BCUT2D eigenvalue weighted by atomic mass is 10.2. The number of aromatic nitrogens is 1. The monoisotopic (exact) mass is 256 g/mol. The highest BCUT2D eigenvalue weighted by atomic mass is 16.5. The van der Waals surface area contributed by atoms with E-state index in [0.717, 1.165) is 0 Å². The van der Waals surface area contributed by atoms with Gasteiger partial charge in [0.2, 0.25) is 12.2 Å². The van der Waals surface area contributed by atoms with Crippen LogP contribution in [0, 0.1) is 0 Å². The van der Waals surface area contributed by atoms with Crippen LogP contribution in [-0.4, -0.2) is 24.7 Å². The number of methoxy groups -OCH3 is 1. The van der Waals surface area contributed by atoms with E-state index in [9.17, 15) is 9.59 Å². The zero-order valence-corrected chi connectivity index (χ0v) is 10.1. The fraction of sp³-hybridized carbons (Fsp3) is 0.0714. The van der Waals surface area contributed by atoms with Crippen LogP contribution in [0.25, 0.3) is 0 Å². The van der Waals surface area contributed by atoms with Crippen molar-refractivity contribution < 1.29 is 19.1 Å². The SMILES string of the molecule is COc1cc(C=O)ccc1Oc1cc([C]=O)ccn1. The molecule has 0 spiro atoms. The zero-order chi connectivity index (χ0) is 13.7. The third-order valence-electron chi connectivity index (χ3n) is 2.39. The molecule has 0 saturated carbocycles. The van der Waals surface area contributed by atoms with Crippen LogP contribution in [0.2, 0.25) is 0 Å². The van der Waals surface area contributed by atoms with Crippen molar-refractivity contribution in [2.45, 2.75) is 0 Å². The molecule has 19 heavy (non-hydrogen) atoms. The summed E-state index contributed by atoms with van der Waals surface area (Å²) in [5.41, 5.74) is 0.820. The van der Waals surface area contributed by atoms with Crippen LogP contribution in [0.5, 0.6) is 17.4 Å². The Labute approximate surface area is 109 Å². The van der Waals surface area contributed by atoms with Crippen molar-refractivity contribution >= 4 is 12.6 Å². The van der Waals surface area contributed by atoms with Crippen LogP contribution < -0.4 is 9.47 Å². The molecule has 5 nitrogen and oxygen atoms in total. The van der Waals surface area contributed by atoms with Crippen LogP contribution in [-0.2, 0) is 4.79 Å². The van der Waals surface area contributed by atoms with Crippen molar-refractivity contribution in [3.05, 3.63) is 47.7 Å². The van der Waals surface area contributed by atoms with Gasteiger partial charge in [-0.15, -0.1) is 0 Å². The molecule has 0 bridgehead atoms. The number of nitrogens with zero attached hydrogens (tertiary/aromatic N) is 1. The molecule has 1 heterocycles. The van der Waals surface area contributed by atoms with Gasteiger partial charge in [0, 0.05) is 23.4 Å². The Morgan fingerprint density at radius 3 is 2.74 bits per heavy atom. The average Bonchev–Trinajstić information content (AvgIpc) is 2.48. The first-order valence-electron chi connectivity index (χ1n) is 5.42. The average molecular weight is 256 g/mol. The number of ether oxygens (including phenoxy) is 2. The quantitative estimate of drug-likeness (QED) is 0.767. The van der Waals surface area contributed by atoms with Crippen LogP contribution in [0.1, 0.15) is 15.9 Å². The molecule has 0 saturated heterocycles. The van der Waals surface area contributed by atoms with Crippen molar-refractivity contribution in [1.82, 2.24) is 4.98 Å². The largest absolute Gasteiger partial charge is 0.493 e. The molecule has 2 aromatic rings. The highest BCUT2D eigenvalue weighted by molar-refractivity contribution is 5.77. The molecule has 0 atom stereocenters. The van der Waals surface area contributed by atoms with Gasteiger partial charge in [-0.3, -0.25) is 9.59 Å². The second-order valence-corrected chi connectivity index (χ2v) is 3.62. The second kappa shape index (κ2) is 5.77. The fourth-order valence-electron chi connectivity index (χ4n) is 1.48. The van der Waals surface area contributed by atoms with E-state index >= 15 is 0 Å². The minimum absolute atomic E-state index is 0.248. The summed E-state index contributed by atoms with van der Waals surface area (Å²) >= 11 is 0. The van der Waals surface area contributed by atoms with E-state index in [1.165, 1.54) is 25.4 Å². The summed E-state index contributed by atoms with van der Waals surface area (Å²) in [6, 6.07) is 7.73. The van der Waals surface area contributed by atoms with Crippen molar-refractivity contribution in [3.8, 4) is 17.4 Å². The molecule has 1 aromatic heterocycles. The van der Waals surface area contributed by atoms with Gasteiger partial charge in [0.15, 0.2) is 11.5 Å². The van der Waals surface area contributed by atoms with E-state index in [2.05, 4.69) is 4.98 Å². The van der Waals surface area contributed by atoms with Gasteiger partial charge in [-0.1, -0.05) is 0 Å². The maximum Gasteiger partial charge on any atom is 0.233 e. The molecule has 0 aliphatic heterocycles. The van der Waals surface area contributed by atoms with E-state index in [1.54, 1.807) is 24.5 Å².